The Hall–Kier alpha value is -3.05. The van der Waals surface area contributed by atoms with Gasteiger partial charge in [0.15, 0.2) is 0 Å². The van der Waals surface area contributed by atoms with E-state index < -0.39 is 12.2 Å². The van der Waals surface area contributed by atoms with Crippen molar-refractivity contribution in [2.24, 2.45) is 5.92 Å². The smallest absolute Gasteiger partial charge is 0.334 e. The van der Waals surface area contributed by atoms with Crippen LogP contribution in [0.4, 0.5) is 4.79 Å². The van der Waals surface area contributed by atoms with Gasteiger partial charge in [-0.3, -0.25) is 9.59 Å². The highest BCUT2D eigenvalue weighted by Crippen LogP contribution is 2.28. The first-order valence-corrected chi connectivity index (χ1v) is 11.3. The van der Waals surface area contributed by atoms with Crippen molar-refractivity contribution in [1.29, 1.82) is 0 Å². The number of hydrazine groups is 1. The standard InChI is InChI=1S/C24H33N5O3/c1-5-10-20-23(31)26(15-18(3)4)16-21-28(20)22(30)17-27(13-6-2)29(21)24(32)25-14-19-11-8-7-9-12-19/h2,7-9,11-12,18,20-21H,5,10,13-17H2,1,3-4H3,(H,25,32)/t20-,21-/m0/s1. The molecule has 2 aliphatic heterocycles. The van der Waals surface area contributed by atoms with Crippen LogP contribution in [0.15, 0.2) is 30.3 Å². The Kier molecular flexibility index (Phi) is 7.75. The summed E-state index contributed by atoms with van der Waals surface area (Å²) >= 11 is 0. The fourth-order valence-electron chi connectivity index (χ4n) is 4.45. The molecule has 3 rings (SSSR count). The lowest BCUT2D eigenvalue weighted by Gasteiger charge is -2.55. The average molecular weight is 440 g/mol. The largest absolute Gasteiger partial charge is 0.337 e. The van der Waals surface area contributed by atoms with E-state index in [-0.39, 0.29) is 43.4 Å². The number of terminal acetylenes is 1. The van der Waals surface area contributed by atoms with E-state index in [0.717, 1.165) is 12.0 Å². The number of hydrogen-bond donors (Lipinski definition) is 1. The monoisotopic (exact) mass is 439 g/mol. The van der Waals surface area contributed by atoms with Crippen LogP contribution in [0.5, 0.6) is 0 Å². The molecule has 2 atom stereocenters. The van der Waals surface area contributed by atoms with Crippen LogP contribution >= 0.6 is 0 Å². The Morgan fingerprint density at radius 1 is 1.25 bits per heavy atom. The quantitative estimate of drug-likeness (QED) is 0.659. The maximum absolute atomic E-state index is 13.4. The van der Waals surface area contributed by atoms with Crippen LogP contribution in [0, 0.1) is 18.3 Å². The second-order valence-electron chi connectivity index (χ2n) is 8.74. The molecule has 8 nitrogen and oxygen atoms in total. The van der Waals surface area contributed by atoms with E-state index in [9.17, 15) is 14.4 Å². The van der Waals surface area contributed by atoms with Crippen molar-refractivity contribution >= 4 is 17.8 Å². The number of piperazine rings is 1. The van der Waals surface area contributed by atoms with Gasteiger partial charge >= 0.3 is 6.03 Å². The third-order valence-electron chi connectivity index (χ3n) is 5.75. The van der Waals surface area contributed by atoms with Gasteiger partial charge in [-0.1, -0.05) is 63.4 Å². The highest BCUT2D eigenvalue weighted by Gasteiger charge is 2.50. The fraction of sp³-hybridized carbons (Fsp3) is 0.542. The van der Waals surface area contributed by atoms with Gasteiger partial charge in [-0.05, 0) is 17.9 Å². The molecular formula is C24H33N5O3. The Morgan fingerprint density at radius 2 is 1.97 bits per heavy atom. The second-order valence-corrected chi connectivity index (χ2v) is 8.74. The molecule has 172 valence electrons. The van der Waals surface area contributed by atoms with Gasteiger partial charge in [-0.15, -0.1) is 6.42 Å². The summed E-state index contributed by atoms with van der Waals surface area (Å²) in [6.07, 6.45) is 6.28. The Balaban J connectivity index is 1.91. The Bertz CT molecular complexity index is 866. The lowest BCUT2D eigenvalue weighted by molar-refractivity contribution is -0.189. The molecular weight excluding hydrogens is 406 g/mol. The number of carbonyl (C=O) groups excluding carboxylic acids is 3. The highest BCUT2D eigenvalue weighted by molar-refractivity contribution is 5.91. The molecule has 2 aliphatic rings. The van der Waals surface area contributed by atoms with Crippen LogP contribution in [0.25, 0.3) is 0 Å². The van der Waals surface area contributed by atoms with E-state index in [2.05, 4.69) is 25.1 Å². The number of nitrogens with zero attached hydrogens (tertiary/aromatic N) is 4. The molecule has 2 heterocycles. The number of benzene rings is 1. The molecule has 32 heavy (non-hydrogen) atoms. The van der Waals surface area contributed by atoms with Crippen LogP contribution in [0.2, 0.25) is 0 Å². The summed E-state index contributed by atoms with van der Waals surface area (Å²) in [6, 6.07) is 8.73. The topological polar surface area (TPSA) is 76.2 Å². The molecule has 1 aromatic carbocycles. The van der Waals surface area contributed by atoms with Crippen LogP contribution in [0.3, 0.4) is 0 Å². The first-order chi connectivity index (χ1) is 15.4. The van der Waals surface area contributed by atoms with Gasteiger partial charge in [0.05, 0.1) is 19.6 Å². The molecule has 0 bridgehead atoms. The van der Waals surface area contributed by atoms with Crippen molar-refractivity contribution < 1.29 is 14.4 Å². The third-order valence-corrected chi connectivity index (χ3v) is 5.75. The molecule has 1 aromatic rings. The third kappa shape index (κ3) is 5.05. The highest BCUT2D eigenvalue weighted by atomic mass is 16.2. The predicted octanol–water partition coefficient (Wildman–Crippen LogP) is 1.88. The van der Waals surface area contributed by atoms with E-state index in [0.29, 0.717) is 19.5 Å². The Morgan fingerprint density at radius 3 is 2.59 bits per heavy atom. The lowest BCUT2D eigenvalue weighted by Crippen LogP contribution is -2.76. The van der Waals surface area contributed by atoms with Gasteiger partial charge in [-0.25, -0.2) is 9.80 Å². The molecule has 0 unspecified atom stereocenters. The number of fused-ring (bicyclic) bond motifs is 1. The summed E-state index contributed by atoms with van der Waals surface area (Å²) in [6.45, 7) is 7.39. The minimum Gasteiger partial charge on any atom is -0.337 e. The molecule has 8 heteroatoms. The number of urea groups is 1. The van der Waals surface area contributed by atoms with E-state index in [4.69, 9.17) is 6.42 Å². The first-order valence-electron chi connectivity index (χ1n) is 11.3. The van der Waals surface area contributed by atoms with Crippen molar-refractivity contribution in [3.8, 4) is 12.3 Å². The Labute approximate surface area is 190 Å². The molecule has 0 aliphatic carbocycles. The minimum absolute atomic E-state index is 0.0306. The maximum Gasteiger partial charge on any atom is 0.334 e. The van der Waals surface area contributed by atoms with Crippen LogP contribution in [-0.4, -0.2) is 76.0 Å². The first kappa shape index (κ1) is 23.6. The fourth-order valence-corrected chi connectivity index (χ4v) is 4.45. The van der Waals surface area contributed by atoms with E-state index in [1.165, 1.54) is 0 Å². The zero-order valence-corrected chi connectivity index (χ0v) is 19.2. The normalized spacial score (nSPS) is 21.5. The average Bonchev–Trinajstić information content (AvgIpc) is 2.75. The molecule has 0 spiro atoms. The number of amides is 4. The van der Waals surface area contributed by atoms with Gasteiger partial charge in [0.2, 0.25) is 11.8 Å². The SMILES string of the molecule is C#CCN1CC(=O)N2[C@@H](CCC)C(=O)N(CC(C)C)C[C@@H]2N1C(=O)NCc1ccccc1. The second kappa shape index (κ2) is 10.5. The molecule has 2 saturated heterocycles. The molecule has 0 radical (unpaired) electrons. The number of rotatable bonds is 7. The van der Waals surface area contributed by atoms with Crippen molar-refractivity contribution in [3.05, 3.63) is 35.9 Å². The molecule has 0 aromatic heterocycles. The van der Waals surface area contributed by atoms with Crippen LogP contribution in [-0.2, 0) is 16.1 Å². The van der Waals surface area contributed by atoms with Gasteiger partial charge < -0.3 is 15.1 Å². The van der Waals surface area contributed by atoms with E-state index in [1.807, 2.05) is 37.3 Å². The summed E-state index contributed by atoms with van der Waals surface area (Å²) in [5.41, 5.74) is 0.971. The summed E-state index contributed by atoms with van der Waals surface area (Å²) in [5, 5.41) is 6.11. The summed E-state index contributed by atoms with van der Waals surface area (Å²) < 4.78 is 0. The maximum atomic E-state index is 13.4. The summed E-state index contributed by atoms with van der Waals surface area (Å²) in [4.78, 5) is 43.1. The van der Waals surface area contributed by atoms with Gasteiger partial charge in [0.1, 0.15) is 12.2 Å². The summed E-state index contributed by atoms with van der Waals surface area (Å²) in [5.74, 6) is 2.61. The number of hydrogen-bond acceptors (Lipinski definition) is 4. The van der Waals surface area contributed by atoms with Gasteiger partial charge in [-0.2, -0.15) is 5.01 Å². The van der Waals surface area contributed by atoms with Crippen molar-refractivity contribution in [2.45, 2.75) is 52.4 Å². The van der Waals surface area contributed by atoms with E-state index >= 15 is 0 Å². The van der Waals surface area contributed by atoms with Gasteiger partial charge in [0, 0.05) is 13.1 Å². The zero-order valence-electron chi connectivity index (χ0n) is 19.2. The number of nitrogens with one attached hydrogen (secondary N) is 1. The predicted molar refractivity (Wildman–Crippen MR) is 122 cm³/mol. The molecule has 2 fully saturated rings. The van der Waals surface area contributed by atoms with E-state index in [1.54, 1.807) is 19.8 Å². The molecule has 1 N–H and O–H groups in total. The van der Waals surface area contributed by atoms with Crippen molar-refractivity contribution in [1.82, 2.24) is 25.1 Å². The summed E-state index contributed by atoms with van der Waals surface area (Å²) in [7, 11) is 0. The lowest BCUT2D eigenvalue weighted by atomic mass is 10.0. The molecule has 4 amide bonds. The molecule has 0 saturated carbocycles. The minimum atomic E-state index is -0.589. The van der Waals surface area contributed by atoms with Crippen molar-refractivity contribution in [2.75, 3.05) is 26.2 Å². The zero-order chi connectivity index (χ0) is 23.3. The number of carbonyl (C=O) groups is 3. The van der Waals surface area contributed by atoms with Crippen LogP contribution in [0.1, 0.15) is 39.2 Å². The van der Waals surface area contributed by atoms with Crippen LogP contribution < -0.4 is 5.32 Å². The van der Waals surface area contributed by atoms with Crippen molar-refractivity contribution in [3.63, 3.8) is 0 Å². The van der Waals surface area contributed by atoms with Gasteiger partial charge in [0.25, 0.3) is 0 Å².